The molecule has 0 amide bonds. The van der Waals surface area contributed by atoms with E-state index in [2.05, 4.69) is 26.0 Å². The van der Waals surface area contributed by atoms with E-state index in [1.165, 1.54) is 19.3 Å². The van der Waals surface area contributed by atoms with E-state index in [1.54, 1.807) is 0 Å². The van der Waals surface area contributed by atoms with Crippen molar-refractivity contribution < 1.29 is 9.53 Å². The second-order valence-corrected chi connectivity index (χ2v) is 4.43. The predicted molar refractivity (Wildman–Crippen MR) is 73.0 cm³/mol. The van der Waals surface area contributed by atoms with Crippen LogP contribution in [-0.4, -0.2) is 12.6 Å². The quantitative estimate of drug-likeness (QED) is 0.299. The first-order valence-electron chi connectivity index (χ1n) is 7.11. The summed E-state index contributed by atoms with van der Waals surface area (Å²) in [6.07, 6.45) is 14.0. The summed E-state index contributed by atoms with van der Waals surface area (Å²) in [6.45, 7) is 4.88. The van der Waals surface area contributed by atoms with Crippen LogP contribution in [-0.2, 0) is 9.53 Å². The molecule has 0 saturated carbocycles. The SMILES string of the molecule is CCC/C=C/CCCCCC(=O)OCCCC. The van der Waals surface area contributed by atoms with Crippen LogP contribution < -0.4 is 0 Å². The number of hydrogen-bond acceptors (Lipinski definition) is 2. The van der Waals surface area contributed by atoms with Crippen LogP contribution in [0, 0.1) is 0 Å². The second-order valence-electron chi connectivity index (χ2n) is 4.43. The Labute approximate surface area is 106 Å². The molecule has 2 heteroatoms. The third kappa shape index (κ3) is 13.1. The average Bonchev–Trinajstić information content (AvgIpc) is 2.33. The van der Waals surface area contributed by atoms with E-state index < -0.39 is 0 Å². The Kier molecular flexibility index (Phi) is 12.7. The number of allylic oxidation sites excluding steroid dienone is 2. The molecule has 0 rings (SSSR count). The van der Waals surface area contributed by atoms with Crippen LogP contribution in [0.25, 0.3) is 0 Å². The smallest absolute Gasteiger partial charge is 0.305 e. The maximum Gasteiger partial charge on any atom is 0.305 e. The summed E-state index contributed by atoms with van der Waals surface area (Å²) in [5.74, 6) is -0.0278. The van der Waals surface area contributed by atoms with Crippen molar-refractivity contribution in [3.63, 3.8) is 0 Å². The van der Waals surface area contributed by atoms with E-state index in [0.717, 1.165) is 32.1 Å². The van der Waals surface area contributed by atoms with Gasteiger partial charge in [-0.05, 0) is 32.1 Å². The van der Waals surface area contributed by atoms with Gasteiger partial charge in [-0.2, -0.15) is 0 Å². The van der Waals surface area contributed by atoms with Gasteiger partial charge in [0.05, 0.1) is 6.61 Å². The fraction of sp³-hybridized carbons (Fsp3) is 0.800. The van der Waals surface area contributed by atoms with Gasteiger partial charge in [-0.1, -0.05) is 45.3 Å². The highest BCUT2D eigenvalue weighted by molar-refractivity contribution is 5.69. The zero-order chi connectivity index (χ0) is 12.8. The molecule has 0 aromatic rings. The molecule has 2 nitrogen and oxygen atoms in total. The third-order valence-electron chi connectivity index (χ3n) is 2.63. The van der Waals surface area contributed by atoms with Crippen LogP contribution in [0.2, 0.25) is 0 Å². The monoisotopic (exact) mass is 240 g/mol. The van der Waals surface area contributed by atoms with Gasteiger partial charge in [0.2, 0.25) is 0 Å². The van der Waals surface area contributed by atoms with Crippen molar-refractivity contribution in [2.24, 2.45) is 0 Å². The van der Waals surface area contributed by atoms with Crippen molar-refractivity contribution in [1.82, 2.24) is 0 Å². The van der Waals surface area contributed by atoms with E-state index in [9.17, 15) is 4.79 Å². The summed E-state index contributed by atoms with van der Waals surface area (Å²) in [5.41, 5.74) is 0. The molecule has 0 spiro atoms. The Bertz CT molecular complexity index is 197. The lowest BCUT2D eigenvalue weighted by atomic mass is 10.1. The number of esters is 1. The van der Waals surface area contributed by atoms with Crippen LogP contribution in [0.3, 0.4) is 0 Å². The van der Waals surface area contributed by atoms with Gasteiger partial charge in [0, 0.05) is 6.42 Å². The zero-order valence-corrected chi connectivity index (χ0v) is 11.5. The summed E-state index contributed by atoms with van der Waals surface area (Å²) < 4.78 is 5.09. The van der Waals surface area contributed by atoms with Crippen molar-refractivity contribution in [2.45, 2.75) is 71.6 Å². The molecule has 0 aliphatic heterocycles. The van der Waals surface area contributed by atoms with E-state index in [-0.39, 0.29) is 5.97 Å². The topological polar surface area (TPSA) is 26.3 Å². The summed E-state index contributed by atoms with van der Waals surface area (Å²) in [7, 11) is 0. The molecule has 0 radical (unpaired) electrons. The molecule has 0 bridgehead atoms. The third-order valence-corrected chi connectivity index (χ3v) is 2.63. The van der Waals surface area contributed by atoms with Crippen LogP contribution >= 0.6 is 0 Å². The molecule has 0 aliphatic carbocycles. The summed E-state index contributed by atoms with van der Waals surface area (Å²) in [4.78, 5) is 11.3. The normalized spacial score (nSPS) is 10.9. The first-order chi connectivity index (χ1) is 8.31. The predicted octanol–water partition coefficient (Wildman–Crippen LogP) is 4.64. The fourth-order valence-corrected chi connectivity index (χ4v) is 1.51. The van der Waals surface area contributed by atoms with E-state index in [4.69, 9.17) is 4.74 Å². The summed E-state index contributed by atoms with van der Waals surface area (Å²) >= 11 is 0. The molecule has 0 heterocycles. The number of unbranched alkanes of at least 4 members (excludes halogenated alkanes) is 5. The number of carbonyl (C=O) groups is 1. The largest absolute Gasteiger partial charge is 0.466 e. The minimum Gasteiger partial charge on any atom is -0.466 e. The van der Waals surface area contributed by atoms with Crippen molar-refractivity contribution in [3.05, 3.63) is 12.2 Å². The molecule has 0 aromatic carbocycles. The van der Waals surface area contributed by atoms with E-state index >= 15 is 0 Å². The molecular formula is C15H28O2. The molecule has 0 unspecified atom stereocenters. The van der Waals surface area contributed by atoms with Gasteiger partial charge in [-0.25, -0.2) is 0 Å². The molecule has 100 valence electrons. The highest BCUT2D eigenvalue weighted by Crippen LogP contribution is 2.05. The molecule has 0 N–H and O–H groups in total. The molecule has 17 heavy (non-hydrogen) atoms. The molecular weight excluding hydrogens is 212 g/mol. The lowest BCUT2D eigenvalue weighted by Gasteiger charge is -2.03. The standard InChI is InChI=1S/C15H28O2/c1-3-5-7-8-9-10-11-12-13-15(16)17-14-6-4-2/h7-8H,3-6,9-14H2,1-2H3/b8-7+. The minimum atomic E-state index is -0.0278. The first-order valence-corrected chi connectivity index (χ1v) is 7.11. The lowest BCUT2D eigenvalue weighted by Crippen LogP contribution is -2.05. The average molecular weight is 240 g/mol. The van der Waals surface area contributed by atoms with Crippen molar-refractivity contribution in [1.29, 1.82) is 0 Å². The van der Waals surface area contributed by atoms with Crippen LogP contribution in [0.1, 0.15) is 71.6 Å². The number of rotatable bonds is 11. The van der Waals surface area contributed by atoms with Gasteiger partial charge in [-0.3, -0.25) is 4.79 Å². The number of carbonyl (C=O) groups excluding carboxylic acids is 1. The van der Waals surface area contributed by atoms with Gasteiger partial charge in [0.1, 0.15) is 0 Å². The second kappa shape index (κ2) is 13.3. The minimum absolute atomic E-state index is 0.0278. The van der Waals surface area contributed by atoms with E-state index in [0.29, 0.717) is 13.0 Å². The fourth-order valence-electron chi connectivity index (χ4n) is 1.51. The highest BCUT2D eigenvalue weighted by atomic mass is 16.5. The molecule has 0 saturated heterocycles. The first kappa shape index (κ1) is 16.2. The van der Waals surface area contributed by atoms with Gasteiger partial charge in [-0.15, -0.1) is 0 Å². The molecule has 0 atom stereocenters. The summed E-state index contributed by atoms with van der Waals surface area (Å²) in [5, 5.41) is 0. The Hall–Kier alpha value is -0.790. The molecule has 0 aromatic heterocycles. The van der Waals surface area contributed by atoms with Gasteiger partial charge >= 0.3 is 5.97 Å². The number of hydrogen-bond donors (Lipinski definition) is 0. The Morgan fingerprint density at radius 1 is 0.941 bits per heavy atom. The van der Waals surface area contributed by atoms with Crippen molar-refractivity contribution in [3.8, 4) is 0 Å². The Morgan fingerprint density at radius 2 is 1.71 bits per heavy atom. The van der Waals surface area contributed by atoms with Crippen molar-refractivity contribution >= 4 is 5.97 Å². The molecule has 0 aliphatic rings. The van der Waals surface area contributed by atoms with Crippen molar-refractivity contribution in [2.75, 3.05) is 6.61 Å². The summed E-state index contributed by atoms with van der Waals surface area (Å²) in [6, 6.07) is 0. The van der Waals surface area contributed by atoms with Gasteiger partial charge < -0.3 is 4.74 Å². The Balaban J connectivity index is 3.19. The zero-order valence-electron chi connectivity index (χ0n) is 11.5. The van der Waals surface area contributed by atoms with Crippen LogP contribution in [0.4, 0.5) is 0 Å². The van der Waals surface area contributed by atoms with Gasteiger partial charge in [0.25, 0.3) is 0 Å². The van der Waals surface area contributed by atoms with Gasteiger partial charge in [0.15, 0.2) is 0 Å². The van der Waals surface area contributed by atoms with E-state index in [1.807, 2.05) is 0 Å². The maximum atomic E-state index is 11.3. The lowest BCUT2D eigenvalue weighted by molar-refractivity contribution is -0.143. The molecule has 0 fully saturated rings. The highest BCUT2D eigenvalue weighted by Gasteiger charge is 2.01. The van der Waals surface area contributed by atoms with Crippen LogP contribution in [0.15, 0.2) is 12.2 Å². The Morgan fingerprint density at radius 3 is 2.41 bits per heavy atom. The number of ether oxygens (including phenoxy) is 1. The van der Waals surface area contributed by atoms with Crippen LogP contribution in [0.5, 0.6) is 0 Å². The maximum absolute atomic E-state index is 11.3.